The first kappa shape index (κ1) is 5.59. The first-order valence-corrected chi connectivity index (χ1v) is 3.90. The largest absolute Gasteiger partial charge is 0.393 e. The summed E-state index contributed by atoms with van der Waals surface area (Å²) in [6, 6.07) is 0. The summed E-state index contributed by atoms with van der Waals surface area (Å²) >= 11 is 0. The van der Waals surface area contributed by atoms with Crippen LogP contribution in [0.25, 0.3) is 0 Å². The van der Waals surface area contributed by atoms with Crippen LogP contribution in [0.15, 0.2) is 0 Å². The zero-order valence-corrected chi connectivity index (χ0v) is 7.02. The van der Waals surface area contributed by atoms with E-state index >= 15 is 0 Å². The molecule has 2 atom stereocenters. The molecule has 0 heterocycles. The third kappa shape index (κ3) is 1.51. The van der Waals surface area contributed by atoms with Crippen LogP contribution in [-0.2, 0) is 0 Å². The molecule has 0 aromatic rings. The van der Waals surface area contributed by atoms with E-state index in [1.54, 1.807) is 0 Å². The van der Waals surface area contributed by atoms with Crippen molar-refractivity contribution < 1.29 is 7.85 Å². The minimum absolute atomic E-state index is 0.0171. The van der Waals surface area contributed by atoms with E-state index in [1.807, 2.05) is 0 Å². The zero-order valence-electron chi connectivity index (χ0n) is 9.02. The molecular weight excluding hydrogens is 124 g/mol. The summed E-state index contributed by atoms with van der Waals surface area (Å²) in [6.45, 7) is 6.17. The first-order chi connectivity index (χ1) is 5.22. The Hall–Kier alpha value is -0.0400. The second-order valence-corrected chi connectivity index (χ2v) is 4.20. The predicted octanol–water partition coefficient (Wildman–Crippen LogP) is 2.19. The van der Waals surface area contributed by atoms with E-state index in [0.717, 1.165) is 0 Å². The fourth-order valence-electron chi connectivity index (χ4n) is 1.55. The van der Waals surface area contributed by atoms with Crippen LogP contribution in [0.1, 0.15) is 42.7 Å². The molecule has 60 valence electrons. The van der Waals surface area contributed by atoms with Gasteiger partial charge in [0, 0.05) is 2.74 Å². The van der Waals surface area contributed by atoms with E-state index in [4.69, 9.17) is 2.74 Å². The van der Waals surface area contributed by atoms with Crippen LogP contribution in [0, 0.1) is 11.3 Å². The van der Waals surface area contributed by atoms with Crippen molar-refractivity contribution in [2.45, 2.75) is 46.1 Å². The van der Waals surface area contributed by atoms with Crippen molar-refractivity contribution in [2.75, 3.05) is 0 Å². The number of rotatable bonds is 0. The maximum atomic E-state index is 9.62. The highest BCUT2D eigenvalue weighted by atomic mass is 16.3. The van der Waals surface area contributed by atoms with Gasteiger partial charge in [0.2, 0.25) is 0 Å². The third-order valence-electron chi connectivity index (χ3n) is 2.29. The van der Waals surface area contributed by atoms with E-state index in [9.17, 15) is 5.11 Å². The highest BCUT2D eigenvalue weighted by Crippen LogP contribution is 2.38. The zero-order chi connectivity index (χ0) is 9.57. The lowest BCUT2D eigenvalue weighted by molar-refractivity contribution is 0.0684. The van der Waals surface area contributed by atoms with Gasteiger partial charge in [-0.25, -0.2) is 0 Å². The maximum absolute atomic E-state index is 9.62. The van der Waals surface area contributed by atoms with Crippen molar-refractivity contribution in [3.63, 3.8) is 0 Å². The molecule has 0 unspecified atom stereocenters. The molecule has 1 nitrogen and oxygen atoms in total. The normalized spacial score (nSPS) is 42.8. The van der Waals surface area contributed by atoms with Crippen molar-refractivity contribution in [3.05, 3.63) is 0 Å². The standard InChI is InChI=1S/C9H18O/c1-9(2,3)7-5-4-6-8(7)10/h7-8,10H,4-6H2,1-3H3/t7-,8+/m1/s1/i4D2. The van der Waals surface area contributed by atoms with E-state index in [2.05, 4.69) is 20.8 Å². The van der Waals surface area contributed by atoms with Crippen molar-refractivity contribution in [1.29, 1.82) is 0 Å². The Morgan fingerprint density at radius 1 is 1.40 bits per heavy atom. The third-order valence-corrected chi connectivity index (χ3v) is 2.29. The van der Waals surface area contributed by atoms with Crippen molar-refractivity contribution in [1.82, 2.24) is 0 Å². The highest BCUT2D eigenvalue weighted by Gasteiger charge is 2.34. The molecule has 1 aliphatic carbocycles. The summed E-state index contributed by atoms with van der Waals surface area (Å²) in [5, 5.41) is 9.62. The fourth-order valence-corrected chi connectivity index (χ4v) is 1.55. The molecule has 0 bridgehead atoms. The highest BCUT2D eigenvalue weighted by molar-refractivity contribution is 4.85. The summed E-state index contributed by atoms with van der Waals surface area (Å²) in [7, 11) is 0. The monoisotopic (exact) mass is 144 g/mol. The topological polar surface area (TPSA) is 20.2 Å². The van der Waals surface area contributed by atoms with Gasteiger partial charge in [-0.2, -0.15) is 0 Å². The summed E-state index contributed by atoms with van der Waals surface area (Å²) < 4.78 is 15.1. The Morgan fingerprint density at radius 2 is 2.00 bits per heavy atom. The molecule has 0 radical (unpaired) electrons. The smallest absolute Gasteiger partial charge is 0.0573 e. The minimum Gasteiger partial charge on any atom is -0.393 e. The second-order valence-electron chi connectivity index (χ2n) is 4.20. The molecule has 1 fully saturated rings. The van der Waals surface area contributed by atoms with Crippen molar-refractivity contribution in [3.8, 4) is 0 Å². The number of hydrogen-bond donors (Lipinski definition) is 1. The Labute approximate surface area is 66.3 Å². The minimum atomic E-state index is -1.16. The SMILES string of the molecule is [2H]C1([2H])C[C@@H](C(C)(C)C)[C@@H](O)C1. The maximum Gasteiger partial charge on any atom is 0.0573 e. The van der Waals surface area contributed by atoms with Crippen LogP contribution in [0.2, 0.25) is 0 Å². The molecular formula is C9H18O. The molecule has 1 rings (SSSR count). The van der Waals surface area contributed by atoms with E-state index in [0.29, 0.717) is 12.8 Å². The fraction of sp³-hybridized carbons (Fsp3) is 1.00. The molecule has 0 spiro atoms. The lowest BCUT2D eigenvalue weighted by atomic mass is 9.79. The predicted molar refractivity (Wildman–Crippen MR) is 42.8 cm³/mol. The summed E-state index contributed by atoms with van der Waals surface area (Å²) in [5.41, 5.74) is 0.0171. The quantitative estimate of drug-likeness (QED) is 0.552. The van der Waals surface area contributed by atoms with Gasteiger partial charge in [0.1, 0.15) is 0 Å². The molecule has 1 N–H and O–H groups in total. The Kier molecular flexibility index (Phi) is 1.42. The van der Waals surface area contributed by atoms with Crippen LogP contribution in [0.4, 0.5) is 0 Å². The van der Waals surface area contributed by atoms with Gasteiger partial charge in [-0.05, 0) is 24.2 Å². The van der Waals surface area contributed by atoms with E-state index < -0.39 is 12.5 Å². The average Bonchev–Trinajstić information content (AvgIpc) is 2.03. The lowest BCUT2D eigenvalue weighted by Gasteiger charge is -2.29. The number of aliphatic hydroxyl groups excluding tert-OH is 1. The molecule has 0 amide bonds. The molecule has 0 aromatic carbocycles. The Bertz CT molecular complexity index is 172. The molecule has 10 heavy (non-hydrogen) atoms. The van der Waals surface area contributed by atoms with Crippen LogP contribution in [0.3, 0.4) is 0 Å². The Balaban J connectivity index is 2.71. The van der Waals surface area contributed by atoms with Gasteiger partial charge in [0.25, 0.3) is 0 Å². The van der Waals surface area contributed by atoms with Gasteiger partial charge in [-0.1, -0.05) is 27.1 Å². The van der Waals surface area contributed by atoms with Crippen LogP contribution in [-0.4, -0.2) is 11.2 Å². The molecule has 0 saturated heterocycles. The van der Waals surface area contributed by atoms with Gasteiger partial charge < -0.3 is 5.11 Å². The lowest BCUT2D eigenvalue weighted by Crippen LogP contribution is -2.27. The van der Waals surface area contributed by atoms with E-state index in [1.165, 1.54) is 0 Å². The van der Waals surface area contributed by atoms with Gasteiger partial charge in [-0.3, -0.25) is 0 Å². The summed E-state index contributed by atoms with van der Waals surface area (Å²) in [4.78, 5) is 0. The number of hydrogen-bond acceptors (Lipinski definition) is 1. The summed E-state index contributed by atoms with van der Waals surface area (Å²) in [6.07, 6.45) is -0.816. The van der Waals surface area contributed by atoms with Gasteiger partial charge in [0.15, 0.2) is 0 Å². The second kappa shape index (κ2) is 2.54. The van der Waals surface area contributed by atoms with Crippen LogP contribution < -0.4 is 0 Å². The summed E-state index contributed by atoms with van der Waals surface area (Å²) in [5.74, 6) is 0.104. The van der Waals surface area contributed by atoms with Crippen molar-refractivity contribution in [2.24, 2.45) is 11.3 Å². The molecule has 1 saturated carbocycles. The van der Waals surface area contributed by atoms with Gasteiger partial charge in [-0.15, -0.1) is 0 Å². The molecule has 0 aromatic heterocycles. The average molecular weight is 144 g/mol. The van der Waals surface area contributed by atoms with Crippen LogP contribution in [0.5, 0.6) is 0 Å². The van der Waals surface area contributed by atoms with E-state index in [-0.39, 0.29) is 11.3 Å². The molecule has 1 heteroatoms. The Morgan fingerprint density at radius 3 is 2.20 bits per heavy atom. The van der Waals surface area contributed by atoms with Crippen molar-refractivity contribution >= 4 is 0 Å². The molecule has 0 aliphatic heterocycles. The van der Waals surface area contributed by atoms with Crippen LogP contribution >= 0.6 is 0 Å². The number of aliphatic hydroxyl groups is 1. The first-order valence-electron chi connectivity index (χ1n) is 4.90. The van der Waals surface area contributed by atoms with Gasteiger partial charge >= 0.3 is 0 Å². The van der Waals surface area contributed by atoms with Gasteiger partial charge in [0.05, 0.1) is 6.10 Å². The molecule has 1 aliphatic rings.